The molecule has 1 aliphatic carbocycles. The van der Waals surface area contributed by atoms with Crippen molar-refractivity contribution in [3.05, 3.63) is 42.3 Å². The first kappa shape index (κ1) is 16.9. The van der Waals surface area contributed by atoms with Crippen molar-refractivity contribution in [2.45, 2.75) is 58.0 Å². The third kappa shape index (κ3) is 6.97. The van der Waals surface area contributed by atoms with Gasteiger partial charge in [0.05, 0.1) is 0 Å². The van der Waals surface area contributed by atoms with Crippen LogP contribution >= 0.6 is 0 Å². The highest BCUT2D eigenvalue weighted by molar-refractivity contribution is 5.67. The lowest BCUT2D eigenvalue weighted by Crippen LogP contribution is -2.25. The summed E-state index contributed by atoms with van der Waals surface area (Å²) in [4.78, 5) is 11.6. The van der Waals surface area contributed by atoms with E-state index < -0.39 is 0 Å². The summed E-state index contributed by atoms with van der Waals surface area (Å²) in [5.74, 6) is 0.845. The van der Waals surface area contributed by atoms with Gasteiger partial charge in [-0.15, -0.1) is 0 Å². The molecule has 1 aromatic carbocycles. The number of amides is 1. The Morgan fingerprint density at radius 2 is 2.00 bits per heavy atom. The first-order chi connectivity index (χ1) is 10.8. The number of carbonyl (C=O) groups is 1. The van der Waals surface area contributed by atoms with Crippen LogP contribution in [0.2, 0.25) is 0 Å². The highest BCUT2D eigenvalue weighted by Crippen LogP contribution is 2.26. The summed E-state index contributed by atoms with van der Waals surface area (Å²) in [6, 6.07) is 9.75. The van der Waals surface area contributed by atoms with Gasteiger partial charge in [0.15, 0.2) is 0 Å². The standard InChI is InChI=1S/C19H28NO2/c21-19(22-16-18-13-6-2-7-14-18)20-15-9-3-8-12-17-10-4-1-5-11-17/h2,6-7,10,13-14,17H,1,3-5,8-9,11-12,15-16H2,(H,20,21). The second-order valence-electron chi connectivity index (χ2n) is 6.12. The number of benzene rings is 1. The number of hydrogen-bond acceptors (Lipinski definition) is 2. The van der Waals surface area contributed by atoms with Gasteiger partial charge in [0.1, 0.15) is 6.61 Å². The Balaban J connectivity index is 1.43. The van der Waals surface area contributed by atoms with E-state index in [1.165, 1.54) is 44.9 Å². The molecule has 0 aliphatic heterocycles. The van der Waals surface area contributed by atoms with Crippen LogP contribution in [0.4, 0.5) is 4.79 Å². The normalized spacial score (nSPS) is 15.5. The minimum atomic E-state index is -0.315. The van der Waals surface area contributed by atoms with Crippen LogP contribution in [0.5, 0.6) is 0 Å². The minimum Gasteiger partial charge on any atom is -0.445 e. The highest BCUT2D eigenvalue weighted by atomic mass is 16.5. The van der Waals surface area contributed by atoms with Crippen molar-refractivity contribution in [1.29, 1.82) is 0 Å². The van der Waals surface area contributed by atoms with Gasteiger partial charge in [-0.3, -0.25) is 0 Å². The summed E-state index contributed by atoms with van der Waals surface area (Å²) in [7, 11) is 0. The number of carbonyl (C=O) groups excluding carboxylic acids is 1. The van der Waals surface area contributed by atoms with E-state index in [9.17, 15) is 4.79 Å². The molecule has 1 radical (unpaired) electrons. The van der Waals surface area contributed by atoms with Crippen molar-refractivity contribution in [2.24, 2.45) is 5.92 Å². The van der Waals surface area contributed by atoms with Crippen LogP contribution in [0.1, 0.15) is 56.9 Å². The Bertz CT molecular complexity index is 413. The maximum Gasteiger partial charge on any atom is 0.407 e. The topological polar surface area (TPSA) is 38.3 Å². The highest BCUT2D eigenvalue weighted by Gasteiger charge is 2.12. The molecule has 1 fully saturated rings. The van der Waals surface area contributed by atoms with Gasteiger partial charge in [0.25, 0.3) is 0 Å². The van der Waals surface area contributed by atoms with Crippen molar-refractivity contribution < 1.29 is 9.53 Å². The van der Waals surface area contributed by atoms with Gasteiger partial charge in [0.2, 0.25) is 0 Å². The maximum absolute atomic E-state index is 11.6. The molecular weight excluding hydrogens is 274 g/mol. The summed E-state index contributed by atoms with van der Waals surface area (Å²) < 4.78 is 5.17. The smallest absolute Gasteiger partial charge is 0.407 e. The number of alkyl carbamates (subject to hydrolysis) is 1. The fourth-order valence-electron chi connectivity index (χ4n) is 2.96. The molecule has 1 amide bonds. The molecule has 0 bridgehead atoms. The SMILES string of the molecule is O=C(NCCCCCC1[CH]CCCC1)OCc1ccccc1. The molecule has 1 unspecified atom stereocenters. The van der Waals surface area contributed by atoms with E-state index >= 15 is 0 Å². The molecule has 0 aromatic heterocycles. The van der Waals surface area contributed by atoms with E-state index in [1.807, 2.05) is 30.3 Å². The van der Waals surface area contributed by atoms with Gasteiger partial charge in [0, 0.05) is 6.54 Å². The predicted molar refractivity (Wildman–Crippen MR) is 89.4 cm³/mol. The molecule has 1 N–H and O–H groups in total. The Kier molecular flexibility index (Phi) is 7.86. The van der Waals surface area contributed by atoms with Gasteiger partial charge in [-0.05, 0) is 30.7 Å². The monoisotopic (exact) mass is 302 g/mol. The molecular formula is C19H28NO2. The molecule has 1 atom stereocenters. The number of rotatable bonds is 8. The van der Waals surface area contributed by atoms with Crippen LogP contribution in [0.25, 0.3) is 0 Å². The predicted octanol–water partition coefficient (Wildman–Crippen LogP) is 4.87. The summed E-state index contributed by atoms with van der Waals surface area (Å²) in [6.07, 6.45) is 12.5. The zero-order valence-electron chi connectivity index (χ0n) is 13.4. The number of nitrogens with one attached hydrogen (secondary N) is 1. The summed E-state index contributed by atoms with van der Waals surface area (Å²) in [6.45, 7) is 1.05. The fourth-order valence-corrected chi connectivity index (χ4v) is 2.96. The van der Waals surface area contributed by atoms with Gasteiger partial charge in [-0.2, -0.15) is 0 Å². The minimum absolute atomic E-state index is 0.315. The van der Waals surface area contributed by atoms with Gasteiger partial charge in [-0.1, -0.05) is 68.9 Å². The molecule has 3 nitrogen and oxygen atoms in total. The van der Waals surface area contributed by atoms with Crippen LogP contribution < -0.4 is 5.32 Å². The molecule has 3 heteroatoms. The summed E-state index contributed by atoms with van der Waals surface area (Å²) in [5.41, 5.74) is 1.02. The molecule has 1 aromatic rings. The lowest BCUT2D eigenvalue weighted by Gasteiger charge is -2.20. The second-order valence-corrected chi connectivity index (χ2v) is 6.12. The second kappa shape index (κ2) is 10.3. The average molecular weight is 302 g/mol. The van der Waals surface area contributed by atoms with Gasteiger partial charge < -0.3 is 10.1 Å². The van der Waals surface area contributed by atoms with E-state index in [1.54, 1.807) is 0 Å². The molecule has 121 valence electrons. The third-order valence-corrected chi connectivity index (χ3v) is 4.26. The number of ether oxygens (including phenoxy) is 1. The first-order valence-corrected chi connectivity index (χ1v) is 8.62. The van der Waals surface area contributed by atoms with Crippen molar-refractivity contribution in [3.63, 3.8) is 0 Å². The summed E-state index contributed by atoms with van der Waals surface area (Å²) in [5, 5.41) is 2.82. The zero-order valence-corrected chi connectivity index (χ0v) is 13.4. The van der Waals surface area contributed by atoms with E-state index in [2.05, 4.69) is 11.7 Å². The molecule has 0 saturated heterocycles. The van der Waals surface area contributed by atoms with E-state index in [4.69, 9.17) is 4.74 Å². The molecule has 0 heterocycles. The van der Waals surface area contributed by atoms with Gasteiger partial charge in [-0.25, -0.2) is 4.79 Å². The van der Waals surface area contributed by atoms with Crippen LogP contribution in [-0.4, -0.2) is 12.6 Å². The molecule has 2 rings (SSSR count). The average Bonchev–Trinajstić information content (AvgIpc) is 2.58. The largest absolute Gasteiger partial charge is 0.445 e. The quantitative estimate of drug-likeness (QED) is 0.696. The van der Waals surface area contributed by atoms with Crippen LogP contribution in [0.3, 0.4) is 0 Å². The van der Waals surface area contributed by atoms with Crippen molar-refractivity contribution in [1.82, 2.24) is 5.32 Å². The van der Waals surface area contributed by atoms with E-state index in [0.29, 0.717) is 13.2 Å². The summed E-state index contributed by atoms with van der Waals surface area (Å²) >= 11 is 0. The van der Waals surface area contributed by atoms with Crippen molar-refractivity contribution >= 4 is 6.09 Å². The molecule has 1 saturated carbocycles. The third-order valence-electron chi connectivity index (χ3n) is 4.26. The van der Waals surface area contributed by atoms with Crippen molar-refractivity contribution in [3.8, 4) is 0 Å². The van der Waals surface area contributed by atoms with E-state index in [0.717, 1.165) is 17.9 Å². The fraction of sp³-hybridized carbons (Fsp3) is 0.579. The van der Waals surface area contributed by atoms with Crippen LogP contribution in [0.15, 0.2) is 30.3 Å². The number of hydrogen-bond donors (Lipinski definition) is 1. The van der Waals surface area contributed by atoms with E-state index in [-0.39, 0.29) is 6.09 Å². The van der Waals surface area contributed by atoms with Crippen LogP contribution in [0, 0.1) is 12.3 Å². The molecule has 1 aliphatic rings. The Hall–Kier alpha value is -1.51. The molecule has 0 spiro atoms. The Morgan fingerprint density at radius 3 is 2.77 bits per heavy atom. The molecule has 22 heavy (non-hydrogen) atoms. The van der Waals surface area contributed by atoms with Crippen molar-refractivity contribution in [2.75, 3.05) is 6.54 Å². The Morgan fingerprint density at radius 1 is 1.14 bits per heavy atom. The zero-order chi connectivity index (χ0) is 15.5. The lowest BCUT2D eigenvalue weighted by atomic mass is 9.86. The van der Waals surface area contributed by atoms with Crippen LogP contribution in [-0.2, 0) is 11.3 Å². The lowest BCUT2D eigenvalue weighted by molar-refractivity contribution is 0.139. The van der Waals surface area contributed by atoms with Gasteiger partial charge >= 0.3 is 6.09 Å². The number of unbranched alkanes of at least 4 members (excludes halogenated alkanes) is 2. The first-order valence-electron chi connectivity index (χ1n) is 8.62. The Labute approximate surface area is 134 Å². The maximum atomic E-state index is 11.6.